The molecular formula is C22H22FN3O4S. The van der Waals surface area contributed by atoms with Gasteiger partial charge in [0.05, 0.1) is 16.5 Å². The topological polar surface area (TPSA) is 120 Å². The van der Waals surface area contributed by atoms with Crippen LogP contribution in [0.4, 0.5) is 9.18 Å². The number of rotatable bonds is 5. The van der Waals surface area contributed by atoms with Gasteiger partial charge in [-0.2, -0.15) is 10.5 Å². The predicted molar refractivity (Wildman–Crippen MR) is 112 cm³/mol. The van der Waals surface area contributed by atoms with Gasteiger partial charge in [-0.15, -0.1) is 0 Å². The zero-order valence-corrected chi connectivity index (χ0v) is 18.4. The fourth-order valence-corrected chi connectivity index (χ4v) is 3.65. The van der Waals surface area contributed by atoms with Crippen molar-refractivity contribution < 1.29 is 22.3 Å². The van der Waals surface area contributed by atoms with Gasteiger partial charge in [0, 0.05) is 12.7 Å². The van der Waals surface area contributed by atoms with Crippen molar-refractivity contribution in [3.63, 3.8) is 0 Å². The third-order valence-corrected chi connectivity index (χ3v) is 5.30. The summed E-state index contributed by atoms with van der Waals surface area (Å²) in [5.74, 6) is -0.617. The first-order chi connectivity index (χ1) is 14.3. The van der Waals surface area contributed by atoms with E-state index in [2.05, 4.69) is 5.32 Å². The van der Waals surface area contributed by atoms with E-state index in [1.165, 1.54) is 30.3 Å². The summed E-state index contributed by atoms with van der Waals surface area (Å²) in [7, 11) is -3.64. The van der Waals surface area contributed by atoms with Gasteiger partial charge in [-0.25, -0.2) is 17.6 Å². The highest BCUT2D eigenvalue weighted by atomic mass is 32.2. The molecular weight excluding hydrogens is 421 g/mol. The Kier molecular flexibility index (Phi) is 7.04. The van der Waals surface area contributed by atoms with Gasteiger partial charge in [-0.05, 0) is 55.7 Å². The Labute approximate surface area is 181 Å². The van der Waals surface area contributed by atoms with E-state index in [4.69, 9.17) is 10.00 Å². The van der Waals surface area contributed by atoms with Crippen LogP contribution < -0.4 is 5.32 Å². The minimum absolute atomic E-state index is 0.00780. The molecule has 0 saturated heterocycles. The van der Waals surface area contributed by atoms with Crippen LogP contribution >= 0.6 is 0 Å². The number of nitrogens with one attached hydrogen (secondary N) is 1. The van der Waals surface area contributed by atoms with E-state index >= 15 is 0 Å². The van der Waals surface area contributed by atoms with Crippen LogP contribution in [-0.4, -0.2) is 32.4 Å². The van der Waals surface area contributed by atoms with E-state index in [9.17, 15) is 22.9 Å². The number of ether oxygens (including phenoxy) is 1. The summed E-state index contributed by atoms with van der Waals surface area (Å²) in [5, 5.41) is 20.8. The van der Waals surface area contributed by atoms with Crippen molar-refractivity contribution in [3.8, 4) is 23.3 Å². The van der Waals surface area contributed by atoms with Crippen molar-refractivity contribution in [3.05, 3.63) is 53.3 Å². The molecule has 31 heavy (non-hydrogen) atoms. The highest BCUT2D eigenvalue weighted by Crippen LogP contribution is 2.27. The number of hydrogen-bond acceptors (Lipinski definition) is 6. The Morgan fingerprint density at radius 1 is 1.16 bits per heavy atom. The number of nitriles is 2. The standard InChI is InChI=1S/C22H22FN3O4S/c1-22(2,3)30-21(27)26-18(13-25)9-16-7-5-14(10-19(16)23)15-6-8-17(12-24)20(11-15)31(4,28)29/h5-8,10-11,18H,9H2,1-4H3,(H,26,27)/t18-/m0/s1. The first-order valence-corrected chi connectivity index (χ1v) is 11.2. The molecule has 9 heteroatoms. The summed E-state index contributed by atoms with van der Waals surface area (Å²) in [6.07, 6.45) is 0.141. The van der Waals surface area contributed by atoms with Gasteiger partial charge in [-0.1, -0.05) is 18.2 Å². The predicted octanol–water partition coefficient (Wildman–Crippen LogP) is 3.73. The highest BCUT2D eigenvalue weighted by molar-refractivity contribution is 7.90. The van der Waals surface area contributed by atoms with Crippen molar-refractivity contribution >= 4 is 15.9 Å². The molecule has 1 atom stereocenters. The summed E-state index contributed by atoms with van der Waals surface area (Å²) < 4.78 is 43.7. The maximum Gasteiger partial charge on any atom is 0.408 e. The Morgan fingerprint density at radius 2 is 1.77 bits per heavy atom. The normalized spacial score (nSPS) is 12.4. The fourth-order valence-electron chi connectivity index (χ4n) is 2.79. The highest BCUT2D eigenvalue weighted by Gasteiger charge is 2.21. The number of hydrogen-bond donors (Lipinski definition) is 1. The lowest BCUT2D eigenvalue weighted by Gasteiger charge is -2.21. The molecule has 1 amide bonds. The summed E-state index contributed by atoms with van der Waals surface area (Å²) in [4.78, 5) is 11.7. The Hall–Kier alpha value is -3.43. The Bertz CT molecular complexity index is 1190. The van der Waals surface area contributed by atoms with E-state index in [1.54, 1.807) is 26.8 Å². The minimum Gasteiger partial charge on any atom is -0.444 e. The van der Waals surface area contributed by atoms with Crippen LogP contribution in [0.1, 0.15) is 31.9 Å². The zero-order valence-electron chi connectivity index (χ0n) is 17.6. The monoisotopic (exact) mass is 443 g/mol. The molecule has 0 radical (unpaired) electrons. The smallest absolute Gasteiger partial charge is 0.408 e. The number of sulfone groups is 1. The molecule has 0 aliphatic heterocycles. The molecule has 0 aliphatic rings. The zero-order chi connectivity index (χ0) is 23.4. The van der Waals surface area contributed by atoms with Crippen LogP contribution in [0.25, 0.3) is 11.1 Å². The molecule has 0 unspecified atom stereocenters. The first kappa shape index (κ1) is 23.8. The van der Waals surface area contributed by atoms with Gasteiger partial charge < -0.3 is 10.1 Å². The van der Waals surface area contributed by atoms with Gasteiger partial charge in [0.2, 0.25) is 0 Å². The van der Waals surface area contributed by atoms with E-state index < -0.39 is 33.4 Å². The van der Waals surface area contributed by atoms with Crippen LogP contribution in [0.3, 0.4) is 0 Å². The minimum atomic E-state index is -3.64. The van der Waals surface area contributed by atoms with Crippen LogP contribution in [0.5, 0.6) is 0 Å². The van der Waals surface area contributed by atoms with E-state index in [0.717, 1.165) is 6.26 Å². The molecule has 0 fully saturated rings. The lowest BCUT2D eigenvalue weighted by atomic mass is 9.99. The van der Waals surface area contributed by atoms with Crippen LogP contribution in [0.15, 0.2) is 41.3 Å². The number of nitrogens with zero attached hydrogens (tertiary/aromatic N) is 2. The molecule has 0 aromatic heterocycles. The average Bonchev–Trinajstić information content (AvgIpc) is 2.66. The molecule has 7 nitrogen and oxygen atoms in total. The number of amides is 1. The second-order valence-corrected chi connectivity index (χ2v) is 9.92. The molecule has 2 rings (SSSR count). The summed E-state index contributed by atoms with van der Waals surface area (Å²) in [6, 6.07) is 11.2. The molecule has 2 aromatic carbocycles. The van der Waals surface area contributed by atoms with Crippen LogP contribution in [0, 0.1) is 28.5 Å². The summed E-state index contributed by atoms with van der Waals surface area (Å²) in [6.45, 7) is 5.06. The van der Waals surface area contributed by atoms with Crippen molar-refractivity contribution in [2.75, 3.05) is 6.26 Å². The number of carbonyl (C=O) groups is 1. The maximum atomic E-state index is 14.7. The van der Waals surface area contributed by atoms with Crippen LogP contribution in [0.2, 0.25) is 0 Å². The molecule has 1 N–H and O–H groups in total. The second-order valence-electron chi connectivity index (χ2n) is 7.93. The van der Waals surface area contributed by atoms with Gasteiger partial charge in [0.1, 0.15) is 23.5 Å². The van der Waals surface area contributed by atoms with Gasteiger partial charge in [0.15, 0.2) is 9.84 Å². The van der Waals surface area contributed by atoms with Gasteiger partial charge in [0.25, 0.3) is 0 Å². The largest absolute Gasteiger partial charge is 0.444 e. The number of benzene rings is 2. The van der Waals surface area contributed by atoms with Gasteiger partial charge in [-0.3, -0.25) is 0 Å². The fraction of sp³-hybridized carbons (Fsp3) is 0.318. The van der Waals surface area contributed by atoms with E-state index in [1.807, 2.05) is 12.1 Å². The summed E-state index contributed by atoms with van der Waals surface area (Å²) >= 11 is 0. The Balaban J connectivity index is 2.27. The first-order valence-electron chi connectivity index (χ1n) is 9.26. The van der Waals surface area contributed by atoms with Gasteiger partial charge >= 0.3 is 6.09 Å². The Morgan fingerprint density at radius 3 is 2.29 bits per heavy atom. The SMILES string of the molecule is CC(C)(C)OC(=O)N[C@H](C#N)Cc1ccc(-c2ccc(C#N)c(S(C)(=O)=O)c2)cc1F. The number of halogens is 1. The molecule has 0 heterocycles. The van der Waals surface area contributed by atoms with E-state index in [0.29, 0.717) is 11.1 Å². The third-order valence-electron chi connectivity index (χ3n) is 4.16. The summed E-state index contributed by atoms with van der Waals surface area (Å²) in [5.41, 5.74) is 0.303. The number of carbonyl (C=O) groups excluding carboxylic acids is 1. The quantitative estimate of drug-likeness (QED) is 0.752. The van der Waals surface area contributed by atoms with Crippen LogP contribution in [-0.2, 0) is 21.0 Å². The molecule has 0 saturated carbocycles. The molecule has 0 bridgehead atoms. The molecule has 0 aliphatic carbocycles. The van der Waals surface area contributed by atoms with E-state index in [-0.39, 0.29) is 22.4 Å². The van der Waals surface area contributed by atoms with Crippen molar-refractivity contribution in [1.29, 1.82) is 10.5 Å². The maximum absolute atomic E-state index is 14.7. The van der Waals surface area contributed by atoms with Crippen molar-refractivity contribution in [2.24, 2.45) is 0 Å². The lowest BCUT2D eigenvalue weighted by Crippen LogP contribution is -2.39. The third kappa shape index (κ3) is 6.53. The average molecular weight is 444 g/mol. The van der Waals surface area contributed by atoms with Crippen molar-refractivity contribution in [1.82, 2.24) is 5.32 Å². The lowest BCUT2D eigenvalue weighted by molar-refractivity contribution is 0.0515. The van der Waals surface area contributed by atoms with Crippen molar-refractivity contribution in [2.45, 2.75) is 43.7 Å². The molecule has 0 spiro atoms. The number of alkyl carbamates (subject to hydrolysis) is 1. The second kappa shape index (κ2) is 9.15. The molecule has 2 aromatic rings. The molecule has 162 valence electrons.